The van der Waals surface area contributed by atoms with Crippen LogP contribution in [0.3, 0.4) is 0 Å². The van der Waals surface area contributed by atoms with Gasteiger partial charge in [-0.3, -0.25) is 10.1 Å². The highest BCUT2D eigenvalue weighted by Crippen LogP contribution is 2.13. The van der Waals surface area contributed by atoms with Crippen molar-refractivity contribution in [2.24, 2.45) is 0 Å². The van der Waals surface area contributed by atoms with E-state index in [9.17, 15) is 9.59 Å². The molecule has 0 atom stereocenters. The maximum atomic E-state index is 11.2. The number of rotatable bonds is 4. The van der Waals surface area contributed by atoms with Crippen LogP contribution in [0.4, 0.5) is 16.4 Å². The van der Waals surface area contributed by atoms with Crippen molar-refractivity contribution in [2.75, 3.05) is 43.0 Å². The lowest BCUT2D eigenvalue weighted by Crippen LogP contribution is -2.46. The Morgan fingerprint density at radius 3 is 2.65 bits per heavy atom. The fourth-order valence-corrected chi connectivity index (χ4v) is 1.89. The van der Waals surface area contributed by atoms with Crippen LogP contribution in [0.1, 0.15) is 6.92 Å². The van der Waals surface area contributed by atoms with Gasteiger partial charge in [0.25, 0.3) is 0 Å². The number of nitrogens with zero attached hydrogens (tertiary/aromatic N) is 4. The van der Waals surface area contributed by atoms with Gasteiger partial charge >= 0.3 is 6.09 Å². The van der Waals surface area contributed by atoms with Gasteiger partial charge in [-0.25, -0.2) is 4.79 Å². The summed E-state index contributed by atoms with van der Waals surface area (Å²) in [6.45, 7) is 4.82. The van der Waals surface area contributed by atoms with E-state index in [4.69, 9.17) is 4.74 Å². The first kappa shape index (κ1) is 14.0. The Bertz CT molecular complexity index is 457. The van der Waals surface area contributed by atoms with Crippen molar-refractivity contribution < 1.29 is 14.3 Å². The highest BCUT2D eigenvalue weighted by molar-refractivity contribution is 5.83. The SMILES string of the molecule is CCOC(=O)Nc1ccc(N2CCN(C=O)CC2)nn1. The lowest BCUT2D eigenvalue weighted by molar-refractivity contribution is -0.118. The van der Waals surface area contributed by atoms with E-state index in [-0.39, 0.29) is 0 Å². The van der Waals surface area contributed by atoms with Crippen molar-refractivity contribution in [3.63, 3.8) is 0 Å². The second-order valence-corrected chi connectivity index (χ2v) is 4.25. The minimum absolute atomic E-state index is 0.304. The van der Waals surface area contributed by atoms with Gasteiger partial charge in [-0.1, -0.05) is 0 Å². The summed E-state index contributed by atoms with van der Waals surface area (Å²) >= 11 is 0. The zero-order chi connectivity index (χ0) is 14.4. The van der Waals surface area contributed by atoms with E-state index in [0.29, 0.717) is 25.5 Å². The molecule has 1 aliphatic heterocycles. The van der Waals surface area contributed by atoms with Gasteiger partial charge in [-0.2, -0.15) is 0 Å². The molecule has 8 nitrogen and oxygen atoms in total. The number of carbonyl (C=O) groups excluding carboxylic acids is 2. The van der Waals surface area contributed by atoms with E-state index in [1.807, 2.05) is 4.90 Å². The maximum Gasteiger partial charge on any atom is 0.412 e. The van der Waals surface area contributed by atoms with Crippen molar-refractivity contribution in [2.45, 2.75) is 6.92 Å². The molecule has 20 heavy (non-hydrogen) atoms. The molecule has 0 spiro atoms. The Balaban J connectivity index is 1.91. The molecule has 0 bridgehead atoms. The van der Waals surface area contributed by atoms with E-state index in [1.54, 1.807) is 24.0 Å². The van der Waals surface area contributed by atoms with Crippen LogP contribution in [0, 0.1) is 0 Å². The Labute approximate surface area is 116 Å². The summed E-state index contributed by atoms with van der Waals surface area (Å²) in [5.41, 5.74) is 0. The number of nitrogens with one attached hydrogen (secondary N) is 1. The standard InChI is InChI=1S/C12H17N5O3/c1-2-20-12(19)13-10-3-4-11(15-14-10)17-7-5-16(9-18)6-8-17/h3-4,9H,2,5-8H2,1H3,(H,13,14,19). The van der Waals surface area contributed by atoms with Gasteiger partial charge in [0.15, 0.2) is 11.6 Å². The van der Waals surface area contributed by atoms with Crippen molar-refractivity contribution in [1.29, 1.82) is 0 Å². The maximum absolute atomic E-state index is 11.2. The molecule has 0 radical (unpaired) electrons. The molecule has 1 aromatic rings. The largest absolute Gasteiger partial charge is 0.450 e. The first-order chi connectivity index (χ1) is 9.72. The Hall–Kier alpha value is -2.38. The number of hydrogen-bond acceptors (Lipinski definition) is 6. The van der Waals surface area contributed by atoms with Gasteiger partial charge in [-0.05, 0) is 19.1 Å². The summed E-state index contributed by atoms with van der Waals surface area (Å²) in [6, 6.07) is 3.45. The predicted molar refractivity (Wildman–Crippen MR) is 72.5 cm³/mol. The number of carbonyl (C=O) groups is 2. The molecule has 1 fully saturated rings. The molecule has 2 rings (SSSR count). The number of ether oxygens (including phenoxy) is 1. The van der Waals surface area contributed by atoms with Crippen LogP contribution < -0.4 is 10.2 Å². The molecule has 108 valence electrons. The lowest BCUT2D eigenvalue weighted by Gasteiger charge is -2.32. The highest BCUT2D eigenvalue weighted by Gasteiger charge is 2.17. The summed E-state index contributed by atoms with van der Waals surface area (Å²) in [4.78, 5) is 25.6. The molecule has 0 saturated carbocycles. The molecule has 1 aromatic heterocycles. The fourth-order valence-electron chi connectivity index (χ4n) is 1.89. The topological polar surface area (TPSA) is 87.7 Å². The van der Waals surface area contributed by atoms with Gasteiger partial charge in [0, 0.05) is 26.2 Å². The van der Waals surface area contributed by atoms with Gasteiger partial charge in [-0.15, -0.1) is 10.2 Å². The van der Waals surface area contributed by atoms with Crippen LogP contribution in [-0.4, -0.2) is 60.4 Å². The van der Waals surface area contributed by atoms with E-state index in [1.165, 1.54) is 0 Å². The molecule has 1 N–H and O–H groups in total. The number of amides is 2. The summed E-state index contributed by atoms with van der Waals surface area (Å²) in [6.07, 6.45) is 0.309. The number of anilines is 2. The van der Waals surface area contributed by atoms with Crippen molar-refractivity contribution in [1.82, 2.24) is 15.1 Å². The zero-order valence-corrected chi connectivity index (χ0v) is 11.3. The molecule has 0 unspecified atom stereocenters. The minimum atomic E-state index is -0.547. The number of hydrogen-bond donors (Lipinski definition) is 1. The lowest BCUT2D eigenvalue weighted by atomic mass is 10.3. The van der Waals surface area contributed by atoms with Crippen molar-refractivity contribution in [3.8, 4) is 0 Å². The van der Waals surface area contributed by atoms with Crippen molar-refractivity contribution >= 4 is 24.1 Å². The monoisotopic (exact) mass is 279 g/mol. The van der Waals surface area contributed by atoms with E-state index < -0.39 is 6.09 Å². The molecule has 2 amide bonds. The van der Waals surface area contributed by atoms with E-state index >= 15 is 0 Å². The normalized spacial score (nSPS) is 14.8. The summed E-state index contributed by atoms with van der Waals surface area (Å²) in [7, 11) is 0. The molecule has 0 aliphatic carbocycles. The Morgan fingerprint density at radius 2 is 2.10 bits per heavy atom. The fraction of sp³-hybridized carbons (Fsp3) is 0.500. The average Bonchev–Trinajstić information content (AvgIpc) is 2.48. The summed E-state index contributed by atoms with van der Waals surface area (Å²) in [5.74, 6) is 1.07. The first-order valence-electron chi connectivity index (χ1n) is 6.44. The van der Waals surface area contributed by atoms with Crippen LogP contribution in [0.25, 0.3) is 0 Å². The smallest absolute Gasteiger partial charge is 0.412 e. The predicted octanol–water partition coefficient (Wildman–Crippen LogP) is 0.323. The third-order valence-corrected chi connectivity index (χ3v) is 2.94. The van der Waals surface area contributed by atoms with Gasteiger partial charge in [0.05, 0.1) is 6.61 Å². The van der Waals surface area contributed by atoms with E-state index in [0.717, 1.165) is 25.3 Å². The molecule has 2 heterocycles. The van der Waals surface area contributed by atoms with Gasteiger partial charge in [0.2, 0.25) is 6.41 Å². The first-order valence-corrected chi connectivity index (χ1v) is 6.44. The molecule has 1 saturated heterocycles. The highest BCUT2D eigenvalue weighted by atomic mass is 16.5. The molecule has 8 heteroatoms. The number of aromatic nitrogens is 2. The average molecular weight is 279 g/mol. The third kappa shape index (κ3) is 3.56. The van der Waals surface area contributed by atoms with Crippen LogP contribution in [-0.2, 0) is 9.53 Å². The Morgan fingerprint density at radius 1 is 1.35 bits per heavy atom. The van der Waals surface area contributed by atoms with Crippen LogP contribution in [0.2, 0.25) is 0 Å². The summed E-state index contributed by atoms with van der Waals surface area (Å²) < 4.78 is 4.75. The quantitative estimate of drug-likeness (QED) is 0.799. The van der Waals surface area contributed by atoms with Crippen LogP contribution in [0.5, 0.6) is 0 Å². The molecule has 1 aliphatic rings. The van der Waals surface area contributed by atoms with Crippen molar-refractivity contribution in [3.05, 3.63) is 12.1 Å². The minimum Gasteiger partial charge on any atom is -0.450 e. The van der Waals surface area contributed by atoms with Gasteiger partial charge < -0.3 is 14.5 Å². The second kappa shape index (κ2) is 6.69. The van der Waals surface area contributed by atoms with Gasteiger partial charge in [0.1, 0.15) is 0 Å². The van der Waals surface area contributed by atoms with Crippen LogP contribution >= 0.6 is 0 Å². The third-order valence-electron chi connectivity index (χ3n) is 2.94. The molecular weight excluding hydrogens is 262 g/mol. The zero-order valence-electron chi connectivity index (χ0n) is 11.3. The molecular formula is C12H17N5O3. The molecule has 0 aromatic carbocycles. The Kier molecular flexibility index (Phi) is 4.70. The van der Waals surface area contributed by atoms with Crippen LogP contribution in [0.15, 0.2) is 12.1 Å². The second-order valence-electron chi connectivity index (χ2n) is 4.25. The summed E-state index contributed by atoms with van der Waals surface area (Å²) in [5, 5.41) is 10.5. The van der Waals surface area contributed by atoms with E-state index in [2.05, 4.69) is 15.5 Å². The number of piperazine rings is 1.